The predicted octanol–water partition coefficient (Wildman–Crippen LogP) is 2.52. The molecule has 0 fully saturated rings. The van der Waals surface area contributed by atoms with Crippen LogP contribution >= 0.6 is 0 Å². The number of anilines is 2. The number of benzene rings is 1. The lowest BCUT2D eigenvalue weighted by Crippen LogP contribution is -2.31. The summed E-state index contributed by atoms with van der Waals surface area (Å²) in [6.07, 6.45) is 1.48. The van der Waals surface area contributed by atoms with Gasteiger partial charge in [-0.15, -0.1) is 0 Å². The molecule has 0 radical (unpaired) electrons. The Bertz CT molecular complexity index is 1040. The Balaban J connectivity index is 1.84. The second-order valence-electron chi connectivity index (χ2n) is 6.00. The van der Waals surface area contributed by atoms with Crippen LogP contribution in [0.25, 0.3) is 11.5 Å². The topological polar surface area (TPSA) is 122 Å². The minimum absolute atomic E-state index is 0.0347. The van der Waals surface area contributed by atoms with Crippen molar-refractivity contribution in [2.45, 2.75) is 20.4 Å². The average molecular weight is 398 g/mol. The second kappa shape index (κ2) is 8.96. The van der Waals surface area contributed by atoms with Crippen molar-refractivity contribution in [3.05, 3.63) is 53.0 Å². The van der Waals surface area contributed by atoms with Crippen molar-refractivity contribution in [1.29, 1.82) is 0 Å². The molecule has 2 aromatic heterocycles. The first-order valence-electron chi connectivity index (χ1n) is 9.12. The molecule has 0 saturated heterocycles. The van der Waals surface area contributed by atoms with E-state index in [0.29, 0.717) is 41.9 Å². The van der Waals surface area contributed by atoms with Crippen molar-refractivity contribution in [2.24, 2.45) is 0 Å². The summed E-state index contributed by atoms with van der Waals surface area (Å²) >= 11 is 0. The molecule has 3 rings (SSSR count). The van der Waals surface area contributed by atoms with E-state index >= 15 is 0 Å². The number of nitrogens with one attached hydrogen (secondary N) is 1. The smallest absolute Gasteiger partial charge is 0.290 e. The van der Waals surface area contributed by atoms with Crippen LogP contribution in [0.3, 0.4) is 0 Å². The minimum atomic E-state index is -0.566. The number of rotatable bonds is 8. The number of amides is 1. The molecule has 0 bridgehead atoms. The van der Waals surface area contributed by atoms with E-state index in [1.54, 1.807) is 30.3 Å². The van der Waals surface area contributed by atoms with Crippen molar-refractivity contribution in [3.8, 4) is 23.0 Å². The molecular formula is C20H22N4O5. The Kier molecular flexibility index (Phi) is 6.18. The third-order valence-electron chi connectivity index (χ3n) is 3.91. The fourth-order valence-corrected chi connectivity index (χ4v) is 2.68. The number of nitrogens with two attached hydrogens (primary N) is 1. The van der Waals surface area contributed by atoms with Gasteiger partial charge in [-0.3, -0.25) is 9.59 Å². The SMILES string of the molecule is CCOc1ccc(OCC)c(NC(=O)Cn2nc(-c3ccco3)cc(N)c2=O)c1. The molecule has 0 spiro atoms. The maximum atomic E-state index is 12.6. The normalized spacial score (nSPS) is 10.6. The largest absolute Gasteiger partial charge is 0.494 e. The van der Waals surface area contributed by atoms with Crippen molar-refractivity contribution in [2.75, 3.05) is 24.3 Å². The van der Waals surface area contributed by atoms with Gasteiger partial charge in [-0.05, 0) is 44.2 Å². The Morgan fingerprint density at radius 2 is 2.00 bits per heavy atom. The highest BCUT2D eigenvalue weighted by Gasteiger charge is 2.15. The van der Waals surface area contributed by atoms with Gasteiger partial charge in [-0.2, -0.15) is 5.10 Å². The lowest BCUT2D eigenvalue weighted by Gasteiger charge is -2.14. The highest BCUT2D eigenvalue weighted by Crippen LogP contribution is 2.29. The summed E-state index contributed by atoms with van der Waals surface area (Å²) in [5.41, 5.74) is 5.98. The van der Waals surface area contributed by atoms with Gasteiger partial charge in [-0.1, -0.05) is 0 Å². The molecular weight excluding hydrogens is 376 g/mol. The first-order chi connectivity index (χ1) is 14.0. The number of hydrogen-bond donors (Lipinski definition) is 2. The Labute approximate surface area is 167 Å². The number of nitrogens with zero attached hydrogens (tertiary/aromatic N) is 2. The molecule has 9 nitrogen and oxygen atoms in total. The third-order valence-corrected chi connectivity index (χ3v) is 3.91. The summed E-state index contributed by atoms with van der Waals surface area (Å²) in [6, 6.07) is 9.92. The number of furan rings is 1. The summed E-state index contributed by atoms with van der Waals surface area (Å²) in [5.74, 6) is 1.05. The first-order valence-corrected chi connectivity index (χ1v) is 9.12. The third kappa shape index (κ3) is 4.75. The van der Waals surface area contributed by atoms with Crippen molar-refractivity contribution in [1.82, 2.24) is 9.78 Å². The van der Waals surface area contributed by atoms with E-state index < -0.39 is 11.5 Å². The molecule has 0 atom stereocenters. The molecule has 0 unspecified atom stereocenters. The van der Waals surface area contributed by atoms with Crippen molar-refractivity contribution in [3.63, 3.8) is 0 Å². The quantitative estimate of drug-likeness (QED) is 0.598. The van der Waals surface area contributed by atoms with Gasteiger partial charge < -0.3 is 24.9 Å². The Hall–Kier alpha value is -3.75. The van der Waals surface area contributed by atoms with Crippen molar-refractivity contribution >= 4 is 17.3 Å². The lowest BCUT2D eigenvalue weighted by molar-refractivity contribution is -0.117. The lowest BCUT2D eigenvalue weighted by atomic mass is 10.2. The molecule has 0 aliphatic rings. The molecule has 3 aromatic rings. The molecule has 0 aliphatic carbocycles. The van der Waals surface area contributed by atoms with E-state index in [0.717, 1.165) is 4.68 Å². The first kappa shape index (κ1) is 20.0. The predicted molar refractivity (Wildman–Crippen MR) is 108 cm³/mol. The molecule has 0 aliphatic heterocycles. The zero-order valence-electron chi connectivity index (χ0n) is 16.2. The van der Waals surface area contributed by atoms with Gasteiger partial charge in [0.1, 0.15) is 29.4 Å². The highest BCUT2D eigenvalue weighted by molar-refractivity contribution is 5.92. The second-order valence-corrected chi connectivity index (χ2v) is 6.00. The molecule has 9 heteroatoms. The van der Waals surface area contributed by atoms with E-state index in [4.69, 9.17) is 19.6 Å². The average Bonchev–Trinajstić information content (AvgIpc) is 3.22. The van der Waals surface area contributed by atoms with Crippen LogP contribution in [0, 0.1) is 0 Å². The van der Waals surface area contributed by atoms with E-state index in [2.05, 4.69) is 10.4 Å². The van der Waals surface area contributed by atoms with Gasteiger partial charge in [0.2, 0.25) is 5.91 Å². The number of ether oxygens (including phenoxy) is 2. The zero-order chi connectivity index (χ0) is 20.8. The van der Waals surface area contributed by atoms with E-state index in [9.17, 15) is 9.59 Å². The standard InChI is InChI=1S/C20H22N4O5/c1-3-27-13-7-8-18(28-4-2)15(10-13)22-19(25)12-24-20(26)14(21)11-16(23-24)17-6-5-9-29-17/h5-11H,3-4,12,21H2,1-2H3,(H,22,25). The Morgan fingerprint density at radius 1 is 1.21 bits per heavy atom. The van der Waals surface area contributed by atoms with Gasteiger partial charge in [0.05, 0.1) is 25.2 Å². The fourth-order valence-electron chi connectivity index (χ4n) is 2.68. The monoisotopic (exact) mass is 398 g/mol. The van der Waals surface area contributed by atoms with Gasteiger partial charge in [0.15, 0.2) is 5.76 Å². The number of hydrogen-bond acceptors (Lipinski definition) is 7. The number of carbonyl (C=O) groups is 1. The van der Waals surface area contributed by atoms with E-state index in [-0.39, 0.29) is 12.2 Å². The molecule has 0 saturated carbocycles. The summed E-state index contributed by atoms with van der Waals surface area (Å²) in [5, 5.41) is 6.91. The number of carbonyl (C=O) groups excluding carboxylic acids is 1. The molecule has 1 amide bonds. The van der Waals surface area contributed by atoms with Crippen molar-refractivity contribution < 1.29 is 18.7 Å². The minimum Gasteiger partial charge on any atom is -0.494 e. The maximum absolute atomic E-state index is 12.6. The molecule has 152 valence electrons. The summed E-state index contributed by atoms with van der Waals surface area (Å²) in [4.78, 5) is 24.9. The number of nitrogen functional groups attached to an aromatic ring is 1. The van der Waals surface area contributed by atoms with Crippen LogP contribution in [-0.2, 0) is 11.3 Å². The van der Waals surface area contributed by atoms with E-state index in [1.807, 2.05) is 13.8 Å². The van der Waals surface area contributed by atoms with Gasteiger partial charge in [0, 0.05) is 6.07 Å². The van der Waals surface area contributed by atoms with Crippen LogP contribution in [0.15, 0.2) is 51.9 Å². The maximum Gasteiger partial charge on any atom is 0.290 e. The molecule has 3 N–H and O–H groups in total. The van der Waals surface area contributed by atoms with Crippen LogP contribution in [0.1, 0.15) is 13.8 Å². The van der Waals surface area contributed by atoms with Gasteiger partial charge >= 0.3 is 0 Å². The number of aromatic nitrogens is 2. The fraction of sp³-hybridized carbons (Fsp3) is 0.250. The van der Waals surface area contributed by atoms with Crippen LogP contribution in [-0.4, -0.2) is 28.9 Å². The summed E-state index contributed by atoms with van der Waals surface area (Å²) in [6.45, 7) is 4.29. The summed E-state index contributed by atoms with van der Waals surface area (Å²) < 4.78 is 17.3. The molecule has 1 aromatic carbocycles. The van der Waals surface area contributed by atoms with Crippen LogP contribution in [0.4, 0.5) is 11.4 Å². The van der Waals surface area contributed by atoms with E-state index in [1.165, 1.54) is 12.3 Å². The Morgan fingerprint density at radius 3 is 2.69 bits per heavy atom. The molecule has 29 heavy (non-hydrogen) atoms. The summed E-state index contributed by atoms with van der Waals surface area (Å²) in [7, 11) is 0. The van der Waals surface area contributed by atoms with Crippen LogP contribution < -0.4 is 26.1 Å². The highest BCUT2D eigenvalue weighted by atomic mass is 16.5. The van der Waals surface area contributed by atoms with Gasteiger partial charge in [0.25, 0.3) is 5.56 Å². The van der Waals surface area contributed by atoms with Crippen LogP contribution in [0.2, 0.25) is 0 Å². The van der Waals surface area contributed by atoms with Crippen LogP contribution in [0.5, 0.6) is 11.5 Å². The molecule has 2 heterocycles. The van der Waals surface area contributed by atoms with Gasteiger partial charge in [-0.25, -0.2) is 4.68 Å². The zero-order valence-corrected chi connectivity index (χ0v) is 16.2.